The lowest BCUT2D eigenvalue weighted by Crippen LogP contribution is -2.23. The first-order valence-electron chi connectivity index (χ1n) is 6.62. The number of carbonyl (C=O) groups excluding carboxylic acids is 3. The van der Waals surface area contributed by atoms with Gasteiger partial charge in [0.2, 0.25) is 0 Å². The van der Waals surface area contributed by atoms with Gasteiger partial charge in [0, 0.05) is 17.5 Å². The number of benzene rings is 1. The minimum Gasteiger partial charge on any atom is -0.545 e. The number of nitrogens with one attached hydrogen (secondary N) is 1. The van der Waals surface area contributed by atoms with Crippen LogP contribution in [0.1, 0.15) is 24.2 Å². The molecule has 1 rings (SSSR count). The van der Waals surface area contributed by atoms with Crippen LogP contribution in [0.15, 0.2) is 36.0 Å². The zero-order valence-electron chi connectivity index (χ0n) is 12.3. The molecule has 0 atom stereocenters. The number of carbonyl (C=O) groups is 3. The van der Waals surface area contributed by atoms with Crippen LogP contribution in [-0.4, -0.2) is 31.1 Å². The van der Waals surface area contributed by atoms with E-state index >= 15 is 0 Å². The average Bonchev–Trinajstić information content (AvgIpc) is 2.48. The van der Waals surface area contributed by atoms with Gasteiger partial charge in [0.1, 0.15) is 0 Å². The largest absolute Gasteiger partial charge is 0.545 e. The van der Waals surface area contributed by atoms with Crippen molar-refractivity contribution < 1.29 is 29.0 Å². The van der Waals surface area contributed by atoms with Crippen LogP contribution in [0.3, 0.4) is 0 Å². The van der Waals surface area contributed by atoms with Crippen LogP contribution < -0.4 is 10.4 Å². The Bertz CT molecular complexity index is 573. The Hall–Kier alpha value is -2.83. The zero-order chi connectivity index (χ0) is 16.5. The van der Waals surface area contributed by atoms with E-state index in [1.165, 1.54) is 18.2 Å². The molecule has 0 aliphatic rings. The highest BCUT2D eigenvalue weighted by atomic mass is 16.6. The molecular formula is C15H16NO6-. The molecule has 0 saturated carbocycles. The number of hydrogen-bond acceptors (Lipinski definition) is 7. The van der Waals surface area contributed by atoms with Crippen LogP contribution in [0.4, 0.5) is 5.69 Å². The topological polar surface area (TPSA) is 105 Å². The Morgan fingerprint density at radius 3 is 2.14 bits per heavy atom. The quantitative estimate of drug-likeness (QED) is 0.338. The summed E-state index contributed by atoms with van der Waals surface area (Å²) in [4.78, 5) is 34.5. The summed E-state index contributed by atoms with van der Waals surface area (Å²) in [5.41, 5.74) is -0.295. The standard InChI is InChI=1S/C15H17NO6/c1-3-21-14(19)11(15(20)22-4-2)9-16-12-8-6-5-7-10(12)13(17)18/h5-9,16H,3-4H2,1-2H3,(H,17,18)/p-1. The number of para-hydroxylation sites is 1. The third kappa shape index (κ3) is 4.62. The van der Waals surface area contributed by atoms with Gasteiger partial charge in [0.15, 0.2) is 5.57 Å². The number of ether oxygens (including phenoxy) is 2. The molecule has 0 fully saturated rings. The molecule has 7 heteroatoms. The van der Waals surface area contributed by atoms with Crippen molar-refractivity contribution in [1.82, 2.24) is 0 Å². The van der Waals surface area contributed by atoms with Gasteiger partial charge in [-0.05, 0) is 19.9 Å². The second-order valence-electron chi connectivity index (χ2n) is 3.98. The summed E-state index contributed by atoms with van der Waals surface area (Å²) in [5, 5.41) is 13.6. The van der Waals surface area contributed by atoms with Gasteiger partial charge in [0.25, 0.3) is 0 Å². The van der Waals surface area contributed by atoms with E-state index in [-0.39, 0.29) is 30.0 Å². The molecule has 1 N–H and O–H groups in total. The predicted octanol–water partition coefficient (Wildman–Crippen LogP) is 0.472. The molecule has 0 heterocycles. The van der Waals surface area contributed by atoms with E-state index in [1.807, 2.05) is 0 Å². The van der Waals surface area contributed by atoms with Crippen LogP contribution in [0.2, 0.25) is 0 Å². The molecule has 0 aliphatic carbocycles. The van der Waals surface area contributed by atoms with Crippen LogP contribution in [0.25, 0.3) is 0 Å². The maximum Gasteiger partial charge on any atom is 0.347 e. The van der Waals surface area contributed by atoms with Gasteiger partial charge >= 0.3 is 11.9 Å². The Balaban J connectivity index is 3.05. The fourth-order valence-corrected chi connectivity index (χ4v) is 1.56. The molecule has 0 aromatic heterocycles. The smallest absolute Gasteiger partial charge is 0.347 e. The molecule has 0 aliphatic heterocycles. The monoisotopic (exact) mass is 306 g/mol. The number of hydrogen-bond donors (Lipinski definition) is 1. The van der Waals surface area contributed by atoms with Crippen LogP contribution in [-0.2, 0) is 19.1 Å². The fraction of sp³-hybridized carbons (Fsp3) is 0.267. The van der Waals surface area contributed by atoms with Gasteiger partial charge in [-0.1, -0.05) is 18.2 Å². The van der Waals surface area contributed by atoms with Crippen molar-refractivity contribution >= 4 is 23.6 Å². The molecule has 1 aromatic carbocycles. The minimum absolute atomic E-state index is 0.0885. The highest BCUT2D eigenvalue weighted by Crippen LogP contribution is 2.15. The number of carboxylic acid groups (broad SMARTS) is 1. The summed E-state index contributed by atoms with van der Waals surface area (Å²) in [5.74, 6) is -3.11. The average molecular weight is 306 g/mol. The van der Waals surface area contributed by atoms with Gasteiger partial charge in [0.05, 0.1) is 19.2 Å². The summed E-state index contributed by atoms with van der Waals surface area (Å²) < 4.78 is 9.52. The molecule has 0 amide bonds. The molecule has 118 valence electrons. The van der Waals surface area contributed by atoms with Crippen molar-refractivity contribution in [3.63, 3.8) is 0 Å². The lowest BCUT2D eigenvalue weighted by molar-refractivity contribution is -0.254. The molecule has 0 unspecified atom stereocenters. The van der Waals surface area contributed by atoms with Gasteiger partial charge in [-0.2, -0.15) is 0 Å². The lowest BCUT2D eigenvalue weighted by Gasteiger charge is -2.11. The number of aromatic carboxylic acids is 1. The zero-order valence-corrected chi connectivity index (χ0v) is 12.3. The highest BCUT2D eigenvalue weighted by molar-refractivity contribution is 6.14. The van der Waals surface area contributed by atoms with Crippen molar-refractivity contribution in [2.75, 3.05) is 18.5 Å². The van der Waals surface area contributed by atoms with E-state index in [4.69, 9.17) is 9.47 Å². The Morgan fingerprint density at radius 2 is 1.64 bits per heavy atom. The molecule has 0 radical (unpaired) electrons. The second kappa shape index (κ2) is 8.46. The van der Waals surface area contributed by atoms with Gasteiger partial charge in [-0.3, -0.25) is 0 Å². The maximum atomic E-state index is 11.7. The van der Waals surface area contributed by atoms with Crippen LogP contribution in [0.5, 0.6) is 0 Å². The SMILES string of the molecule is CCOC(=O)C(=CNc1ccccc1C(=O)[O-])C(=O)OCC. The van der Waals surface area contributed by atoms with E-state index in [1.54, 1.807) is 19.9 Å². The summed E-state index contributed by atoms with van der Waals surface area (Å²) in [6.45, 7) is 3.37. The molecule has 7 nitrogen and oxygen atoms in total. The Labute approximate surface area is 127 Å². The summed E-state index contributed by atoms with van der Waals surface area (Å²) in [7, 11) is 0. The third-order valence-corrected chi connectivity index (χ3v) is 2.51. The molecular weight excluding hydrogens is 290 g/mol. The van der Waals surface area contributed by atoms with E-state index in [0.29, 0.717) is 0 Å². The molecule has 22 heavy (non-hydrogen) atoms. The summed E-state index contributed by atoms with van der Waals surface area (Å²) in [6, 6.07) is 5.92. The number of anilines is 1. The highest BCUT2D eigenvalue weighted by Gasteiger charge is 2.21. The van der Waals surface area contributed by atoms with Crippen molar-refractivity contribution in [1.29, 1.82) is 0 Å². The Kier molecular flexibility index (Phi) is 6.62. The van der Waals surface area contributed by atoms with E-state index < -0.39 is 17.9 Å². The molecule has 0 bridgehead atoms. The minimum atomic E-state index is -1.38. The molecule has 1 aromatic rings. The Morgan fingerprint density at radius 1 is 1.09 bits per heavy atom. The first-order valence-corrected chi connectivity index (χ1v) is 6.62. The summed E-state index contributed by atoms with van der Waals surface area (Å²) in [6.07, 6.45) is 1.05. The molecule has 0 spiro atoms. The van der Waals surface area contributed by atoms with E-state index in [2.05, 4.69) is 5.32 Å². The van der Waals surface area contributed by atoms with Gasteiger partial charge in [-0.15, -0.1) is 0 Å². The van der Waals surface area contributed by atoms with Crippen LogP contribution >= 0.6 is 0 Å². The van der Waals surface area contributed by atoms with Crippen molar-refractivity contribution in [3.05, 3.63) is 41.6 Å². The predicted molar refractivity (Wildman–Crippen MR) is 75.7 cm³/mol. The van der Waals surface area contributed by atoms with Gasteiger partial charge < -0.3 is 24.7 Å². The lowest BCUT2D eigenvalue weighted by atomic mass is 10.2. The molecule has 0 saturated heterocycles. The van der Waals surface area contributed by atoms with Crippen molar-refractivity contribution in [2.24, 2.45) is 0 Å². The van der Waals surface area contributed by atoms with Crippen molar-refractivity contribution in [3.8, 4) is 0 Å². The first kappa shape index (κ1) is 17.2. The number of carboxylic acids is 1. The van der Waals surface area contributed by atoms with Crippen LogP contribution in [0, 0.1) is 0 Å². The fourth-order valence-electron chi connectivity index (χ4n) is 1.56. The van der Waals surface area contributed by atoms with E-state index in [0.717, 1.165) is 6.20 Å². The number of rotatable bonds is 7. The first-order chi connectivity index (χ1) is 10.5. The summed E-state index contributed by atoms with van der Waals surface area (Å²) >= 11 is 0. The van der Waals surface area contributed by atoms with Crippen molar-refractivity contribution in [2.45, 2.75) is 13.8 Å². The van der Waals surface area contributed by atoms with Gasteiger partial charge in [-0.25, -0.2) is 9.59 Å². The maximum absolute atomic E-state index is 11.7. The van der Waals surface area contributed by atoms with E-state index in [9.17, 15) is 19.5 Å². The second-order valence-corrected chi connectivity index (χ2v) is 3.98. The normalized spacial score (nSPS) is 9.55. The number of esters is 2. The third-order valence-electron chi connectivity index (χ3n) is 2.51.